The van der Waals surface area contributed by atoms with Crippen molar-refractivity contribution in [3.05, 3.63) is 65.5 Å². The normalized spacial score (nSPS) is 20.4. The van der Waals surface area contributed by atoms with Gasteiger partial charge in [-0.25, -0.2) is 17.8 Å². The summed E-state index contributed by atoms with van der Waals surface area (Å²) in [7, 11) is -2.24. The summed E-state index contributed by atoms with van der Waals surface area (Å²) in [5, 5.41) is 3.78. The van der Waals surface area contributed by atoms with Crippen molar-refractivity contribution < 1.29 is 17.5 Å². The second-order valence-corrected chi connectivity index (χ2v) is 10.2. The summed E-state index contributed by atoms with van der Waals surface area (Å²) in [4.78, 5) is 8.16. The Balaban J connectivity index is 1.76. The molecule has 0 unspecified atom stereocenters. The first-order valence-electron chi connectivity index (χ1n) is 10.1. The molecule has 1 N–H and O–H groups in total. The lowest BCUT2D eigenvalue weighted by Crippen LogP contribution is -2.44. The maximum atomic E-state index is 13.2. The molecule has 0 bridgehead atoms. The maximum Gasteiger partial charge on any atom is 0.243 e. The minimum atomic E-state index is -3.69. The molecule has 0 saturated carbocycles. The van der Waals surface area contributed by atoms with E-state index in [0.29, 0.717) is 35.9 Å². The fraction of sp³-hybridized carbons (Fsp3) is 0.364. The van der Waals surface area contributed by atoms with Crippen LogP contribution >= 0.6 is 11.6 Å². The van der Waals surface area contributed by atoms with Crippen LogP contribution in [0.1, 0.15) is 26.0 Å². The second-order valence-electron chi connectivity index (χ2n) is 7.68. The van der Waals surface area contributed by atoms with Crippen LogP contribution in [0.15, 0.2) is 58.9 Å². The van der Waals surface area contributed by atoms with Crippen LogP contribution < -0.4 is 10.1 Å². The molecule has 0 aliphatic carbocycles. The molecule has 2 aromatic rings. The lowest BCUT2D eigenvalue weighted by Gasteiger charge is -2.38. The van der Waals surface area contributed by atoms with Gasteiger partial charge in [0.05, 0.1) is 29.6 Å². The monoisotopic (exact) mass is 480 g/mol. The molecule has 7 nitrogen and oxygen atoms in total. The van der Waals surface area contributed by atoms with Gasteiger partial charge in [-0.15, -0.1) is 0 Å². The van der Waals surface area contributed by atoms with E-state index in [0.717, 1.165) is 11.9 Å². The number of nitrogens with zero attached hydrogens (tertiary/aromatic N) is 3. The zero-order valence-electron chi connectivity index (χ0n) is 18.2. The molecule has 10 heteroatoms. The predicted octanol–water partition coefficient (Wildman–Crippen LogP) is 4.00. The van der Waals surface area contributed by atoms with Crippen LogP contribution in [0.3, 0.4) is 0 Å². The number of hydrogen-bond acceptors (Lipinski definition) is 6. The average molecular weight is 481 g/mol. The molecule has 2 atom stereocenters. The van der Waals surface area contributed by atoms with E-state index in [-0.39, 0.29) is 22.6 Å². The minimum Gasteiger partial charge on any atom is -0.481 e. The van der Waals surface area contributed by atoms with Gasteiger partial charge in [-0.05, 0) is 37.5 Å². The highest BCUT2D eigenvalue weighted by molar-refractivity contribution is 7.89. The lowest BCUT2D eigenvalue weighted by molar-refractivity contribution is 0.219. The molecule has 1 aliphatic rings. The summed E-state index contributed by atoms with van der Waals surface area (Å²) in [6.07, 6.45) is 3.11. The summed E-state index contributed by atoms with van der Waals surface area (Å²) < 4.78 is 46.0. The summed E-state index contributed by atoms with van der Waals surface area (Å²) in [6, 6.07) is 5.73. The Bertz CT molecular complexity index is 1120. The Morgan fingerprint density at radius 1 is 1.34 bits per heavy atom. The topological polar surface area (TPSA) is 84.4 Å². The minimum absolute atomic E-state index is 0.0110. The first-order valence-corrected chi connectivity index (χ1v) is 11.9. The molecule has 2 aromatic heterocycles. The SMILES string of the molecule is C=C(N/C(=C(\C)Cl)[C@@H]1CCN(S(=O)(=O)c2ccnc(OC)c2)C[C@@H]1C)c1ccc(F)cn1. The largest absolute Gasteiger partial charge is 0.481 e. The van der Waals surface area contributed by atoms with Gasteiger partial charge in [-0.2, -0.15) is 4.31 Å². The van der Waals surface area contributed by atoms with Gasteiger partial charge in [0.15, 0.2) is 0 Å². The van der Waals surface area contributed by atoms with Gasteiger partial charge < -0.3 is 10.1 Å². The average Bonchev–Trinajstić information content (AvgIpc) is 2.77. The number of hydrogen-bond donors (Lipinski definition) is 1. The van der Waals surface area contributed by atoms with Gasteiger partial charge in [0.1, 0.15) is 5.82 Å². The molecule has 32 heavy (non-hydrogen) atoms. The van der Waals surface area contributed by atoms with E-state index in [4.69, 9.17) is 16.3 Å². The van der Waals surface area contributed by atoms with Crippen molar-refractivity contribution in [2.45, 2.75) is 25.2 Å². The number of nitrogens with one attached hydrogen (secondary N) is 1. The van der Waals surface area contributed by atoms with Crippen molar-refractivity contribution >= 4 is 27.3 Å². The second kappa shape index (κ2) is 9.97. The van der Waals surface area contributed by atoms with Gasteiger partial charge >= 0.3 is 0 Å². The van der Waals surface area contributed by atoms with Crippen LogP contribution in [0, 0.1) is 17.7 Å². The van der Waals surface area contributed by atoms with Crippen LogP contribution in [-0.4, -0.2) is 42.9 Å². The quantitative estimate of drug-likeness (QED) is 0.644. The van der Waals surface area contributed by atoms with E-state index in [1.54, 1.807) is 6.92 Å². The predicted molar refractivity (Wildman–Crippen MR) is 122 cm³/mol. The summed E-state index contributed by atoms with van der Waals surface area (Å²) in [5.41, 5.74) is 1.75. The molecule has 0 radical (unpaired) electrons. The third kappa shape index (κ3) is 5.28. The van der Waals surface area contributed by atoms with E-state index < -0.39 is 15.8 Å². The maximum absolute atomic E-state index is 13.2. The molecule has 172 valence electrons. The van der Waals surface area contributed by atoms with E-state index in [1.807, 2.05) is 6.92 Å². The Morgan fingerprint density at radius 3 is 2.69 bits per heavy atom. The lowest BCUT2D eigenvalue weighted by atomic mass is 9.84. The highest BCUT2D eigenvalue weighted by Crippen LogP contribution is 2.34. The van der Waals surface area contributed by atoms with Crippen molar-refractivity contribution in [2.75, 3.05) is 20.2 Å². The molecule has 1 fully saturated rings. The number of sulfonamides is 1. The fourth-order valence-corrected chi connectivity index (χ4v) is 5.53. The molecule has 3 heterocycles. The van der Waals surface area contributed by atoms with Gasteiger partial charge in [0.25, 0.3) is 0 Å². The van der Waals surface area contributed by atoms with Gasteiger partial charge in [0.2, 0.25) is 15.9 Å². The highest BCUT2D eigenvalue weighted by Gasteiger charge is 2.36. The smallest absolute Gasteiger partial charge is 0.243 e. The van der Waals surface area contributed by atoms with Crippen LogP contribution in [0.25, 0.3) is 5.70 Å². The van der Waals surface area contributed by atoms with Crippen LogP contribution in [0.2, 0.25) is 0 Å². The number of ether oxygens (including phenoxy) is 1. The number of rotatable bonds is 7. The number of piperidine rings is 1. The van der Waals surface area contributed by atoms with Crippen LogP contribution in [-0.2, 0) is 10.0 Å². The van der Waals surface area contributed by atoms with Crippen molar-refractivity contribution in [1.82, 2.24) is 19.6 Å². The molecule has 0 amide bonds. The van der Waals surface area contributed by atoms with E-state index in [9.17, 15) is 12.8 Å². The highest BCUT2D eigenvalue weighted by atomic mass is 35.5. The molecular weight excluding hydrogens is 455 g/mol. The number of aromatic nitrogens is 2. The number of pyridine rings is 2. The van der Waals surface area contributed by atoms with Crippen LogP contribution in [0.4, 0.5) is 4.39 Å². The van der Waals surface area contributed by atoms with E-state index in [2.05, 4.69) is 21.9 Å². The first kappa shape index (κ1) is 24.2. The van der Waals surface area contributed by atoms with Crippen molar-refractivity contribution in [2.24, 2.45) is 11.8 Å². The first-order chi connectivity index (χ1) is 15.1. The zero-order chi connectivity index (χ0) is 23.5. The summed E-state index contributed by atoms with van der Waals surface area (Å²) in [5.74, 6) is -0.218. The van der Waals surface area contributed by atoms with Gasteiger partial charge in [-0.3, -0.25) is 4.98 Å². The standard InChI is InChI=1S/C22H26ClFN4O3S/c1-14-13-28(32(29,30)18-7-9-25-21(11-18)31-4)10-8-19(14)22(15(2)23)27-16(3)20-6-5-17(24)12-26-20/h5-7,9,11-12,14,19,27H,3,8,10,13H2,1-2,4H3/b22-15+/t14-,19+/m0/s1. The third-order valence-corrected chi connectivity index (χ3v) is 7.55. The Hall–Kier alpha value is -2.49. The Kier molecular flexibility index (Phi) is 7.53. The third-order valence-electron chi connectivity index (χ3n) is 5.49. The molecule has 3 rings (SSSR count). The molecule has 1 aliphatic heterocycles. The van der Waals surface area contributed by atoms with Gasteiger partial charge in [0, 0.05) is 42.0 Å². The molecular formula is C22H26ClFN4O3S. The summed E-state index contributed by atoms with van der Waals surface area (Å²) >= 11 is 6.40. The van der Waals surface area contributed by atoms with E-state index >= 15 is 0 Å². The Morgan fingerprint density at radius 2 is 2.09 bits per heavy atom. The molecule has 1 saturated heterocycles. The fourth-order valence-electron chi connectivity index (χ4n) is 3.78. The van der Waals surface area contributed by atoms with Gasteiger partial charge in [-0.1, -0.05) is 25.1 Å². The van der Waals surface area contributed by atoms with Crippen molar-refractivity contribution in [3.8, 4) is 5.88 Å². The zero-order valence-corrected chi connectivity index (χ0v) is 19.8. The van der Waals surface area contributed by atoms with Crippen molar-refractivity contribution in [3.63, 3.8) is 0 Å². The van der Waals surface area contributed by atoms with Crippen molar-refractivity contribution in [1.29, 1.82) is 0 Å². The number of halogens is 2. The van der Waals surface area contributed by atoms with E-state index in [1.165, 1.54) is 41.9 Å². The molecule has 0 aromatic carbocycles. The Labute approximate surface area is 193 Å². The number of allylic oxidation sites excluding steroid dienone is 2. The molecule has 0 spiro atoms. The van der Waals surface area contributed by atoms with Crippen LogP contribution in [0.5, 0.6) is 5.88 Å². The summed E-state index contributed by atoms with van der Waals surface area (Å²) in [6.45, 7) is 8.41. The number of methoxy groups -OCH3 is 1.